The number of amides is 2. The normalized spacial score (nSPS) is 11.9. The summed E-state index contributed by atoms with van der Waals surface area (Å²) in [7, 11) is 0. The summed E-state index contributed by atoms with van der Waals surface area (Å²) in [6.45, 7) is 8.19. The van der Waals surface area contributed by atoms with Gasteiger partial charge >= 0.3 is 0 Å². The molecule has 3 N–H and O–H groups in total. The molecule has 27 heavy (non-hydrogen) atoms. The number of hydrogen-bond donors (Lipinski definition) is 3. The van der Waals surface area contributed by atoms with Crippen LogP contribution in [-0.2, 0) is 6.54 Å². The number of nitrogens with one attached hydrogen (secondary N) is 3. The van der Waals surface area contributed by atoms with Gasteiger partial charge in [0, 0.05) is 35.5 Å². The third-order valence-electron chi connectivity index (χ3n) is 4.41. The van der Waals surface area contributed by atoms with Crippen LogP contribution >= 0.6 is 0 Å². The highest BCUT2D eigenvalue weighted by Crippen LogP contribution is 2.11. The number of aromatic amines is 1. The van der Waals surface area contributed by atoms with E-state index in [9.17, 15) is 14.4 Å². The Bertz CT molecular complexity index is 854. The predicted octanol–water partition coefficient (Wildman–Crippen LogP) is 2.96. The first-order valence-corrected chi connectivity index (χ1v) is 9.22. The minimum atomic E-state index is -0.304. The molecule has 1 aromatic heterocycles. The second-order valence-corrected chi connectivity index (χ2v) is 7.01. The molecule has 1 heterocycles. The van der Waals surface area contributed by atoms with Crippen LogP contribution in [0, 0.1) is 0 Å². The van der Waals surface area contributed by atoms with E-state index in [0.717, 1.165) is 17.7 Å². The summed E-state index contributed by atoms with van der Waals surface area (Å²) in [6.07, 6.45) is 0.872. The van der Waals surface area contributed by atoms with Crippen molar-refractivity contribution in [1.29, 1.82) is 0 Å². The molecule has 0 radical (unpaired) electrons. The second kappa shape index (κ2) is 9.16. The summed E-state index contributed by atoms with van der Waals surface area (Å²) in [6, 6.07) is 10.2. The fourth-order valence-corrected chi connectivity index (χ4v) is 2.47. The maximum atomic E-state index is 12.3. The molecule has 144 valence electrons. The van der Waals surface area contributed by atoms with E-state index in [2.05, 4.69) is 15.6 Å². The van der Waals surface area contributed by atoms with Crippen LogP contribution in [0.25, 0.3) is 0 Å². The predicted molar refractivity (Wildman–Crippen MR) is 106 cm³/mol. The molecule has 0 unspecified atom stereocenters. The summed E-state index contributed by atoms with van der Waals surface area (Å²) in [5.41, 5.74) is 2.23. The molecule has 0 spiro atoms. The van der Waals surface area contributed by atoms with Gasteiger partial charge in [0.05, 0.1) is 0 Å². The van der Waals surface area contributed by atoms with Gasteiger partial charge in [-0.1, -0.05) is 32.9 Å². The maximum absolute atomic E-state index is 12.3. The molecular formula is C21H27N3O3. The number of carbonyl (C=O) groups is 2. The Morgan fingerprint density at radius 3 is 2.26 bits per heavy atom. The van der Waals surface area contributed by atoms with Gasteiger partial charge < -0.3 is 15.6 Å². The van der Waals surface area contributed by atoms with Crippen molar-refractivity contribution in [3.05, 3.63) is 69.1 Å². The molecule has 0 aliphatic rings. The zero-order chi connectivity index (χ0) is 20.0. The molecule has 0 saturated heterocycles. The number of pyridine rings is 1. The Kier molecular flexibility index (Phi) is 6.93. The van der Waals surface area contributed by atoms with Crippen LogP contribution in [0.1, 0.15) is 72.0 Å². The Hall–Kier alpha value is -2.89. The Morgan fingerprint density at radius 2 is 1.67 bits per heavy atom. The van der Waals surface area contributed by atoms with Crippen LogP contribution < -0.4 is 16.2 Å². The lowest BCUT2D eigenvalue weighted by Gasteiger charge is -2.12. The molecule has 0 aliphatic carbocycles. The summed E-state index contributed by atoms with van der Waals surface area (Å²) in [5.74, 6) is -0.286. The quantitative estimate of drug-likeness (QED) is 0.701. The SMILES string of the molecule is CC[C@@H](C)NC(=O)c1ccc(CNC(=O)c2cc(C(C)C)[nH]c(=O)c2)cc1. The highest BCUT2D eigenvalue weighted by atomic mass is 16.2. The van der Waals surface area contributed by atoms with Gasteiger partial charge in [-0.3, -0.25) is 14.4 Å². The van der Waals surface area contributed by atoms with Crippen molar-refractivity contribution in [3.8, 4) is 0 Å². The lowest BCUT2D eigenvalue weighted by atomic mass is 10.1. The summed E-state index contributed by atoms with van der Waals surface area (Å²) in [5, 5.41) is 5.72. The standard InChI is InChI=1S/C21H27N3O3/c1-5-14(4)23-21(27)16-8-6-15(7-9-16)12-22-20(26)17-10-18(13(2)3)24-19(25)11-17/h6-11,13-14H,5,12H2,1-4H3,(H,22,26)(H,23,27)(H,24,25)/t14-/m1/s1. The van der Waals surface area contributed by atoms with E-state index in [0.29, 0.717) is 17.7 Å². The number of benzene rings is 1. The molecule has 6 nitrogen and oxygen atoms in total. The van der Waals surface area contributed by atoms with Gasteiger partial charge in [-0.2, -0.15) is 0 Å². The number of aromatic nitrogens is 1. The largest absolute Gasteiger partial charge is 0.350 e. The zero-order valence-corrected chi connectivity index (χ0v) is 16.3. The van der Waals surface area contributed by atoms with Crippen LogP contribution in [0.3, 0.4) is 0 Å². The topological polar surface area (TPSA) is 91.1 Å². The van der Waals surface area contributed by atoms with Gasteiger partial charge in [-0.05, 0) is 43.0 Å². The highest BCUT2D eigenvalue weighted by Gasteiger charge is 2.11. The Balaban J connectivity index is 1.99. The lowest BCUT2D eigenvalue weighted by Crippen LogP contribution is -2.31. The summed E-state index contributed by atoms with van der Waals surface area (Å²) < 4.78 is 0. The second-order valence-electron chi connectivity index (χ2n) is 7.01. The first kappa shape index (κ1) is 20.4. The molecule has 2 rings (SSSR count). The number of hydrogen-bond acceptors (Lipinski definition) is 3. The van der Waals surface area contributed by atoms with Crippen molar-refractivity contribution in [2.45, 2.75) is 52.6 Å². The number of H-pyrrole nitrogens is 1. The molecule has 0 bridgehead atoms. The fraction of sp³-hybridized carbons (Fsp3) is 0.381. The third kappa shape index (κ3) is 5.81. The van der Waals surface area contributed by atoms with Gasteiger partial charge in [0.2, 0.25) is 5.56 Å². The molecule has 1 aromatic carbocycles. The van der Waals surface area contributed by atoms with Crippen LogP contribution in [-0.4, -0.2) is 22.8 Å². The summed E-state index contributed by atoms with van der Waals surface area (Å²) >= 11 is 0. The van der Waals surface area contributed by atoms with E-state index in [1.807, 2.05) is 39.8 Å². The summed E-state index contributed by atoms with van der Waals surface area (Å²) in [4.78, 5) is 38.9. The third-order valence-corrected chi connectivity index (χ3v) is 4.41. The van der Waals surface area contributed by atoms with Crippen molar-refractivity contribution in [2.24, 2.45) is 0 Å². The van der Waals surface area contributed by atoms with Crippen LogP contribution in [0.2, 0.25) is 0 Å². The molecule has 0 aliphatic heterocycles. The highest BCUT2D eigenvalue weighted by molar-refractivity contribution is 5.95. The zero-order valence-electron chi connectivity index (χ0n) is 16.3. The van der Waals surface area contributed by atoms with Crippen molar-refractivity contribution in [3.63, 3.8) is 0 Å². The van der Waals surface area contributed by atoms with Crippen molar-refractivity contribution >= 4 is 11.8 Å². The minimum Gasteiger partial charge on any atom is -0.350 e. The number of carbonyl (C=O) groups excluding carboxylic acids is 2. The average molecular weight is 369 g/mol. The Labute approximate surface area is 159 Å². The monoisotopic (exact) mass is 369 g/mol. The first-order valence-electron chi connectivity index (χ1n) is 9.22. The van der Waals surface area contributed by atoms with E-state index in [1.165, 1.54) is 6.07 Å². The van der Waals surface area contributed by atoms with E-state index in [1.54, 1.807) is 18.2 Å². The molecular weight excluding hydrogens is 342 g/mol. The van der Waals surface area contributed by atoms with E-state index < -0.39 is 0 Å². The van der Waals surface area contributed by atoms with Crippen molar-refractivity contribution < 1.29 is 9.59 Å². The molecule has 6 heteroatoms. The van der Waals surface area contributed by atoms with E-state index >= 15 is 0 Å². The molecule has 2 amide bonds. The van der Waals surface area contributed by atoms with E-state index in [-0.39, 0.29) is 29.3 Å². The van der Waals surface area contributed by atoms with Crippen molar-refractivity contribution in [1.82, 2.24) is 15.6 Å². The minimum absolute atomic E-state index is 0.107. The fourth-order valence-electron chi connectivity index (χ4n) is 2.47. The van der Waals surface area contributed by atoms with Crippen LogP contribution in [0.15, 0.2) is 41.2 Å². The molecule has 1 atom stereocenters. The molecule has 2 aromatic rings. The maximum Gasteiger partial charge on any atom is 0.251 e. The van der Waals surface area contributed by atoms with Gasteiger partial charge in [0.1, 0.15) is 0 Å². The van der Waals surface area contributed by atoms with Crippen LogP contribution in [0.4, 0.5) is 0 Å². The Morgan fingerprint density at radius 1 is 1.00 bits per heavy atom. The van der Waals surface area contributed by atoms with Gasteiger partial charge in [-0.15, -0.1) is 0 Å². The molecule has 0 saturated carbocycles. The van der Waals surface area contributed by atoms with Crippen molar-refractivity contribution in [2.75, 3.05) is 0 Å². The van der Waals surface area contributed by atoms with Gasteiger partial charge in [0.15, 0.2) is 0 Å². The first-order chi connectivity index (χ1) is 12.8. The van der Waals surface area contributed by atoms with Gasteiger partial charge in [0.25, 0.3) is 11.8 Å². The smallest absolute Gasteiger partial charge is 0.251 e. The lowest BCUT2D eigenvalue weighted by molar-refractivity contribution is 0.0934. The number of rotatable bonds is 7. The van der Waals surface area contributed by atoms with Gasteiger partial charge in [-0.25, -0.2) is 0 Å². The van der Waals surface area contributed by atoms with Crippen LogP contribution in [0.5, 0.6) is 0 Å². The average Bonchev–Trinajstić information content (AvgIpc) is 2.65. The molecule has 0 fully saturated rings. The van der Waals surface area contributed by atoms with E-state index in [4.69, 9.17) is 0 Å².